The third-order valence-corrected chi connectivity index (χ3v) is 6.81. The van der Waals surface area contributed by atoms with E-state index in [1.165, 1.54) is 0 Å². The number of para-hydroxylation sites is 1. The highest BCUT2D eigenvalue weighted by Crippen LogP contribution is 2.32. The van der Waals surface area contributed by atoms with Gasteiger partial charge in [-0.2, -0.15) is 5.10 Å². The van der Waals surface area contributed by atoms with Crippen molar-refractivity contribution in [2.75, 3.05) is 13.1 Å². The van der Waals surface area contributed by atoms with Crippen LogP contribution in [0.3, 0.4) is 0 Å². The smallest absolute Gasteiger partial charge is 0.242 e. The van der Waals surface area contributed by atoms with Crippen LogP contribution in [0.25, 0.3) is 16.3 Å². The lowest BCUT2D eigenvalue weighted by atomic mass is 10.00. The molecule has 0 saturated carbocycles. The largest absolute Gasteiger partial charge is 0.353 e. The van der Waals surface area contributed by atoms with Gasteiger partial charge < -0.3 is 5.32 Å². The van der Waals surface area contributed by atoms with Gasteiger partial charge in [0.2, 0.25) is 5.91 Å². The Labute approximate surface area is 191 Å². The van der Waals surface area contributed by atoms with Crippen molar-refractivity contribution in [3.8, 4) is 16.3 Å². The van der Waals surface area contributed by atoms with Crippen molar-refractivity contribution in [3.05, 3.63) is 88.7 Å². The van der Waals surface area contributed by atoms with E-state index in [1.54, 1.807) is 11.3 Å². The molecule has 0 unspecified atom stereocenters. The average Bonchev–Trinajstić information content (AvgIpc) is 3.40. The normalized spacial score (nSPS) is 16.8. The molecular formula is C25H25N5OS. The van der Waals surface area contributed by atoms with Crippen LogP contribution < -0.4 is 5.32 Å². The Balaban J connectivity index is 1.46. The molecule has 6 nitrogen and oxygen atoms in total. The number of aryl methyl sites for hydroxylation is 1. The van der Waals surface area contributed by atoms with Crippen LogP contribution in [-0.4, -0.2) is 38.7 Å². The van der Waals surface area contributed by atoms with Crippen molar-refractivity contribution in [2.45, 2.75) is 26.4 Å². The first-order valence-corrected chi connectivity index (χ1v) is 11.6. The molecule has 0 aliphatic carbocycles. The van der Waals surface area contributed by atoms with Gasteiger partial charge in [0.1, 0.15) is 11.0 Å². The highest BCUT2D eigenvalue weighted by atomic mass is 32.1. The second-order valence-corrected chi connectivity index (χ2v) is 8.86. The SMILES string of the molecule is Cc1nn(-c2ccccc2)c(C)c1[C@H]1C(=O)NCCN1Cc1csc(-c2ccccc2)n1. The van der Waals surface area contributed by atoms with E-state index in [0.29, 0.717) is 13.1 Å². The van der Waals surface area contributed by atoms with Crippen LogP contribution in [0, 0.1) is 13.8 Å². The summed E-state index contributed by atoms with van der Waals surface area (Å²) in [6.07, 6.45) is 0. The fraction of sp³-hybridized carbons (Fsp3) is 0.240. The van der Waals surface area contributed by atoms with E-state index in [2.05, 4.69) is 27.7 Å². The van der Waals surface area contributed by atoms with Crippen LogP contribution in [0.4, 0.5) is 0 Å². The van der Waals surface area contributed by atoms with Gasteiger partial charge in [-0.05, 0) is 26.0 Å². The highest BCUT2D eigenvalue weighted by molar-refractivity contribution is 7.13. The van der Waals surface area contributed by atoms with Crippen LogP contribution in [-0.2, 0) is 11.3 Å². The third-order valence-electron chi connectivity index (χ3n) is 5.87. The first-order valence-electron chi connectivity index (χ1n) is 10.7. The van der Waals surface area contributed by atoms with Crippen LogP contribution in [0.5, 0.6) is 0 Å². The number of nitrogens with zero attached hydrogens (tertiary/aromatic N) is 4. The number of thiazole rings is 1. The number of carbonyl (C=O) groups excluding carboxylic acids is 1. The second-order valence-electron chi connectivity index (χ2n) is 8.01. The molecule has 1 N–H and O–H groups in total. The van der Waals surface area contributed by atoms with Crippen LogP contribution in [0.1, 0.15) is 28.7 Å². The quantitative estimate of drug-likeness (QED) is 0.500. The fourth-order valence-electron chi connectivity index (χ4n) is 4.37. The first kappa shape index (κ1) is 20.6. The van der Waals surface area contributed by atoms with E-state index in [9.17, 15) is 4.79 Å². The lowest BCUT2D eigenvalue weighted by Crippen LogP contribution is -2.49. The maximum absolute atomic E-state index is 13.1. The molecule has 162 valence electrons. The number of hydrogen-bond acceptors (Lipinski definition) is 5. The number of piperazine rings is 1. The Kier molecular flexibility index (Phi) is 5.59. The van der Waals surface area contributed by atoms with Crippen molar-refractivity contribution in [1.82, 2.24) is 25.0 Å². The van der Waals surface area contributed by atoms with Crippen molar-refractivity contribution in [1.29, 1.82) is 0 Å². The van der Waals surface area contributed by atoms with Gasteiger partial charge in [0.05, 0.1) is 17.1 Å². The zero-order valence-corrected chi connectivity index (χ0v) is 19.0. The molecule has 1 aliphatic rings. The van der Waals surface area contributed by atoms with Gasteiger partial charge in [-0.15, -0.1) is 11.3 Å². The third kappa shape index (κ3) is 3.85. The van der Waals surface area contributed by atoms with Crippen molar-refractivity contribution >= 4 is 17.2 Å². The van der Waals surface area contributed by atoms with E-state index in [0.717, 1.165) is 45.4 Å². The van der Waals surface area contributed by atoms with E-state index in [4.69, 9.17) is 10.1 Å². The molecule has 32 heavy (non-hydrogen) atoms. The van der Waals surface area contributed by atoms with Gasteiger partial charge in [-0.3, -0.25) is 9.69 Å². The monoisotopic (exact) mass is 443 g/mol. The number of carbonyl (C=O) groups is 1. The van der Waals surface area contributed by atoms with Crippen LogP contribution in [0.15, 0.2) is 66.0 Å². The predicted molar refractivity (Wildman–Crippen MR) is 127 cm³/mol. The molecule has 1 amide bonds. The van der Waals surface area contributed by atoms with E-state index in [-0.39, 0.29) is 11.9 Å². The van der Waals surface area contributed by atoms with Gasteiger partial charge in [0.25, 0.3) is 0 Å². The zero-order valence-electron chi connectivity index (χ0n) is 18.2. The summed E-state index contributed by atoms with van der Waals surface area (Å²) in [6.45, 7) is 6.05. The summed E-state index contributed by atoms with van der Waals surface area (Å²) in [5.41, 5.74) is 5.94. The Morgan fingerprint density at radius 1 is 1.06 bits per heavy atom. The van der Waals surface area contributed by atoms with E-state index in [1.807, 2.05) is 67.1 Å². The van der Waals surface area contributed by atoms with Gasteiger partial charge in [0.15, 0.2) is 0 Å². The number of hydrogen-bond donors (Lipinski definition) is 1. The van der Waals surface area contributed by atoms with Gasteiger partial charge >= 0.3 is 0 Å². The lowest BCUT2D eigenvalue weighted by Gasteiger charge is -2.35. The maximum Gasteiger partial charge on any atom is 0.242 e. The molecule has 3 heterocycles. The van der Waals surface area contributed by atoms with Crippen molar-refractivity contribution in [2.24, 2.45) is 0 Å². The van der Waals surface area contributed by atoms with Gasteiger partial charge in [0, 0.05) is 41.8 Å². The highest BCUT2D eigenvalue weighted by Gasteiger charge is 2.35. The molecule has 2 aromatic carbocycles. The molecule has 1 aliphatic heterocycles. The minimum absolute atomic E-state index is 0.0218. The van der Waals surface area contributed by atoms with Crippen LogP contribution in [0.2, 0.25) is 0 Å². The first-order chi connectivity index (χ1) is 15.6. The topological polar surface area (TPSA) is 63.1 Å². The summed E-state index contributed by atoms with van der Waals surface area (Å²) >= 11 is 1.64. The Morgan fingerprint density at radius 3 is 2.53 bits per heavy atom. The minimum Gasteiger partial charge on any atom is -0.353 e. The summed E-state index contributed by atoms with van der Waals surface area (Å²) in [7, 11) is 0. The lowest BCUT2D eigenvalue weighted by molar-refractivity contribution is -0.129. The Bertz CT molecular complexity index is 1230. The summed E-state index contributed by atoms with van der Waals surface area (Å²) in [6, 6.07) is 19.9. The van der Waals surface area contributed by atoms with Crippen molar-refractivity contribution in [3.63, 3.8) is 0 Å². The number of amides is 1. The number of nitrogens with one attached hydrogen (secondary N) is 1. The summed E-state index contributed by atoms with van der Waals surface area (Å²) in [5, 5.41) is 10.9. The second kappa shape index (κ2) is 8.68. The number of benzene rings is 2. The molecule has 5 rings (SSSR count). The Morgan fingerprint density at radius 2 is 1.78 bits per heavy atom. The number of aromatic nitrogens is 3. The summed E-state index contributed by atoms with van der Waals surface area (Å²) < 4.78 is 1.93. The van der Waals surface area contributed by atoms with E-state index < -0.39 is 0 Å². The van der Waals surface area contributed by atoms with Gasteiger partial charge in [-0.1, -0.05) is 48.5 Å². The summed E-state index contributed by atoms with van der Waals surface area (Å²) in [5.74, 6) is 0.0218. The zero-order chi connectivity index (χ0) is 22.1. The molecule has 1 atom stereocenters. The molecule has 7 heteroatoms. The molecular weight excluding hydrogens is 418 g/mol. The van der Waals surface area contributed by atoms with Crippen LogP contribution >= 0.6 is 11.3 Å². The number of rotatable bonds is 5. The molecule has 1 fully saturated rings. The van der Waals surface area contributed by atoms with Crippen molar-refractivity contribution < 1.29 is 4.79 Å². The maximum atomic E-state index is 13.1. The average molecular weight is 444 g/mol. The standard InChI is InChI=1S/C25H25N5OS/c1-17-22(18(2)30(28-17)21-11-7-4-8-12-21)23-24(31)26-13-14-29(23)15-20-16-32-25(27-20)19-9-5-3-6-10-19/h3-12,16,23H,13-15H2,1-2H3,(H,26,31)/t23-/m0/s1. The van der Waals surface area contributed by atoms with E-state index >= 15 is 0 Å². The Hall–Kier alpha value is -3.29. The molecule has 1 saturated heterocycles. The predicted octanol–water partition coefficient (Wildman–Crippen LogP) is 4.29. The molecule has 2 aromatic heterocycles. The molecule has 0 spiro atoms. The summed E-state index contributed by atoms with van der Waals surface area (Å²) in [4.78, 5) is 20.1. The molecule has 4 aromatic rings. The fourth-order valence-corrected chi connectivity index (χ4v) is 5.19. The molecule has 0 bridgehead atoms. The minimum atomic E-state index is -0.386. The van der Waals surface area contributed by atoms with Gasteiger partial charge in [-0.25, -0.2) is 9.67 Å². The molecule has 0 radical (unpaired) electrons.